The molecule has 4 heteroatoms. The summed E-state index contributed by atoms with van der Waals surface area (Å²) in [7, 11) is -1.83. The average Bonchev–Trinajstić information content (AvgIpc) is 2.00. The van der Waals surface area contributed by atoms with E-state index in [1.165, 1.54) is 0 Å². The molecule has 0 unspecified atom stereocenters. The van der Waals surface area contributed by atoms with Crippen LogP contribution in [0.1, 0.15) is 6.42 Å². The Balaban J connectivity index is 4.17. The molecule has 0 amide bonds. The van der Waals surface area contributed by atoms with E-state index in [2.05, 4.69) is 25.3 Å². The Labute approximate surface area is 80.3 Å². The maximum atomic E-state index is 10.5. The number of nitrogens with two attached hydrogens (primary N) is 1. The smallest absolute Gasteiger partial charge is 0.320 e. The summed E-state index contributed by atoms with van der Waals surface area (Å²) in [6.07, 6.45) is 7.01. The minimum absolute atomic E-state index is 0.530. The molecule has 0 bridgehead atoms. The predicted octanol–water partition coefficient (Wildman–Crippen LogP) is 0.894. The van der Waals surface area contributed by atoms with Crippen molar-refractivity contribution in [3.05, 3.63) is 12.0 Å². The minimum atomic E-state index is -1.83. The van der Waals surface area contributed by atoms with Gasteiger partial charge in [-0.3, -0.25) is 14.0 Å². The Kier molecular flexibility index (Phi) is 3.58. The summed E-state index contributed by atoms with van der Waals surface area (Å²) in [6.45, 7) is 3.80. The highest BCUT2D eigenvalue weighted by Crippen LogP contribution is 2.60. The number of hydrogen-bond donors (Lipinski definition) is 3. The fraction of sp³-hybridized carbons (Fsp3) is 0.667. The van der Waals surface area contributed by atoms with Gasteiger partial charge in [-0.25, -0.2) is 0 Å². The standard InChI is InChI=1S/C9H21NO2S/c1-5-13(2,3,4)7-6-8(10)9(11)12/h5,8,13H,1,6-7,10H2,2-4H3,(H,11,12)/t8-/m0/s1. The summed E-state index contributed by atoms with van der Waals surface area (Å²) in [5.74, 6) is -0.0706. The largest absolute Gasteiger partial charge is 0.480 e. The van der Waals surface area contributed by atoms with E-state index in [0.717, 1.165) is 5.75 Å². The summed E-state index contributed by atoms with van der Waals surface area (Å²) >= 11 is 0. The van der Waals surface area contributed by atoms with E-state index in [4.69, 9.17) is 10.8 Å². The fourth-order valence-electron chi connectivity index (χ4n) is 0.816. The van der Waals surface area contributed by atoms with Crippen LogP contribution >= 0.6 is 9.16 Å². The predicted molar refractivity (Wildman–Crippen MR) is 62.1 cm³/mol. The Bertz CT molecular complexity index is 217. The van der Waals surface area contributed by atoms with Gasteiger partial charge in [0.1, 0.15) is 6.04 Å². The van der Waals surface area contributed by atoms with E-state index in [1.54, 1.807) is 0 Å². The molecule has 0 aliphatic heterocycles. The molecule has 13 heavy (non-hydrogen) atoms. The second-order valence-corrected chi connectivity index (χ2v) is 12.2. The normalized spacial score (nSPS) is 17.1. The molecule has 0 aromatic carbocycles. The van der Waals surface area contributed by atoms with Crippen LogP contribution in [0, 0.1) is 0 Å². The molecule has 0 saturated heterocycles. The van der Waals surface area contributed by atoms with Gasteiger partial charge in [-0.2, -0.15) is 0 Å². The van der Waals surface area contributed by atoms with Crippen LogP contribution in [-0.2, 0) is 4.79 Å². The average molecular weight is 207 g/mol. The van der Waals surface area contributed by atoms with Gasteiger partial charge in [0, 0.05) is 0 Å². The van der Waals surface area contributed by atoms with Crippen LogP contribution in [-0.4, -0.2) is 41.6 Å². The molecule has 0 radical (unpaired) electrons. The van der Waals surface area contributed by atoms with E-state index in [1.807, 2.05) is 5.41 Å². The molecule has 1 atom stereocenters. The number of rotatable bonds is 5. The lowest BCUT2D eigenvalue weighted by molar-refractivity contribution is -0.138. The number of hydrogen-bond acceptors (Lipinski definition) is 2. The number of carboxylic acid groups (broad SMARTS) is 1. The molecule has 0 aliphatic carbocycles. The van der Waals surface area contributed by atoms with E-state index >= 15 is 0 Å². The van der Waals surface area contributed by atoms with Crippen molar-refractivity contribution in [2.75, 3.05) is 24.5 Å². The van der Waals surface area contributed by atoms with Crippen molar-refractivity contribution < 1.29 is 9.90 Å². The number of thiol groups is 1. The molecule has 0 aromatic heterocycles. The zero-order valence-corrected chi connectivity index (χ0v) is 9.55. The first-order valence-electron chi connectivity index (χ1n) is 4.28. The molecule has 0 aromatic rings. The Morgan fingerprint density at radius 2 is 2.08 bits per heavy atom. The molecule has 3 N–H and O–H groups in total. The summed E-state index contributed by atoms with van der Waals surface area (Å²) in [4.78, 5) is 10.5. The Morgan fingerprint density at radius 3 is 2.38 bits per heavy atom. The lowest BCUT2D eigenvalue weighted by atomic mass is 10.2. The van der Waals surface area contributed by atoms with Crippen molar-refractivity contribution in [2.45, 2.75) is 12.5 Å². The quantitative estimate of drug-likeness (QED) is 0.587. The monoisotopic (exact) mass is 207 g/mol. The van der Waals surface area contributed by atoms with Crippen LogP contribution in [0.4, 0.5) is 0 Å². The van der Waals surface area contributed by atoms with Crippen LogP contribution in [0.15, 0.2) is 12.0 Å². The van der Waals surface area contributed by atoms with Gasteiger partial charge in [-0.15, -0.1) is 0 Å². The third-order valence-corrected chi connectivity index (χ3v) is 5.45. The van der Waals surface area contributed by atoms with E-state index < -0.39 is 21.2 Å². The molecule has 0 saturated carbocycles. The van der Waals surface area contributed by atoms with Crippen LogP contribution < -0.4 is 5.73 Å². The zero-order valence-electron chi connectivity index (χ0n) is 8.66. The fourth-order valence-corrected chi connectivity index (χ4v) is 2.20. The van der Waals surface area contributed by atoms with Gasteiger partial charge in [0.2, 0.25) is 0 Å². The second-order valence-electron chi connectivity index (χ2n) is 4.89. The van der Waals surface area contributed by atoms with Crippen LogP contribution in [0.25, 0.3) is 0 Å². The summed E-state index contributed by atoms with van der Waals surface area (Å²) < 4.78 is 0. The van der Waals surface area contributed by atoms with Crippen LogP contribution in [0.5, 0.6) is 0 Å². The van der Waals surface area contributed by atoms with E-state index in [9.17, 15) is 4.79 Å². The first-order chi connectivity index (χ1) is 5.65. The Morgan fingerprint density at radius 1 is 1.62 bits per heavy atom. The van der Waals surface area contributed by atoms with Crippen LogP contribution in [0.2, 0.25) is 0 Å². The van der Waals surface area contributed by atoms with Gasteiger partial charge in [-0.05, 0) is 30.9 Å². The molecule has 0 heterocycles. The highest BCUT2D eigenvalue weighted by atomic mass is 32.3. The number of carboxylic acids is 1. The van der Waals surface area contributed by atoms with E-state index in [-0.39, 0.29) is 0 Å². The van der Waals surface area contributed by atoms with Gasteiger partial charge >= 0.3 is 5.97 Å². The molecule has 3 nitrogen and oxygen atoms in total. The van der Waals surface area contributed by atoms with Crippen molar-refractivity contribution in [3.8, 4) is 0 Å². The van der Waals surface area contributed by atoms with Crippen molar-refractivity contribution in [1.29, 1.82) is 0 Å². The summed E-state index contributed by atoms with van der Waals surface area (Å²) in [6, 6.07) is -0.735. The topological polar surface area (TPSA) is 63.3 Å². The van der Waals surface area contributed by atoms with Crippen molar-refractivity contribution in [3.63, 3.8) is 0 Å². The molecule has 0 spiro atoms. The van der Waals surface area contributed by atoms with Gasteiger partial charge in [0.25, 0.3) is 0 Å². The lowest BCUT2D eigenvalue weighted by Gasteiger charge is -2.48. The van der Waals surface area contributed by atoms with E-state index in [0.29, 0.717) is 6.42 Å². The first kappa shape index (κ1) is 12.5. The molecule has 0 aliphatic rings. The molecular weight excluding hydrogens is 186 g/mol. The zero-order chi connectivity index (χ0) is 10.7. The van der Waals surface area contributed by atoms with Gasteiger partial charge in [0.15, 0.2) is 0 Å². The van der Waals surface area contributed by atoms with Gasteiger partial charge in [0.05, 0.1) is 0 Å². The summed E-state index contributed by atoms with van der Waals surface area (Å²) in [5, 5.41) is 10.6. The highest BCUT2D eigenvalue weighted by molar-refractivity contribution is 8.50. The second kappa shape index (κ2) is 3.72. The SMILES string of the molecule is C=C[SH](C)(C)(C)CC[C@H](N)C(=O)O. The maximum Gasteiger partial charge on any atom is 0.320 e. The molecule has 80 valence electrons. The number of aliphatic carboxylic acids is 1. The van der Waals surface area contributed by atoms with Gasteiger partial charge in [-0.1, -0.05) is 12.0 Å². The third kappa shape index (κ3) is 4.95. The Hall–Kier alpha value is -0.480. The van der Waals surface area contributed by atoms with Crippen molar-refractivity contribution >= 4 is 15.1 Å². The van der Waals surface area contributed by atoms with Crippen molar-refractivity contribution in [1.82, 2.24) is 0 Å². The molecule has 0 rings (SSSR count). The van der Waals surface area contributed by atoms with Crippen molar-refractivity contribution in [2.24, 2.45) is 5.73 Å². The van der Waals surface area contributed by atoms with Crippen LogP contribution in [0.3, 0.4) is 0 Å². The van der Waals surface area contributed by atoms with Gasteiger partial charge < -0.3 is 10.8 Å². The maximum absolute atomic E-state index is 10.5. The lowest BCUT2D eigenvalue weighted by Crippen LogP contribution is -2.33. The number of carbonyl (C=O) groups is 1. The third-order valence-electron chi connectivity index (χ3n) is 2.23. The highest BCUT2D eigenvalue weighted by Gasteiger charge is 2.23. The minimum Gasteiger partial charge on any atom is -0.480 e. The molecule has 0 fully saturated rings. The first-order valence-corrected chi connectivity index (χ1v) is 8.11. The summed E-state index contributed by atoms with van der Waals surface area (Å²) in [5.41, 5.74) is 5.42. The molecular formula is C9H21NO2S.